The van der Waals surface area contributed by atoms with E-state index >= 15 is 0 Å². The molecule has 1 saturated heterocycles. The van der Waals surface area contributed by atoms with E-state index in [1.165, 1.54) is 4.57 Å². The summed E-state index contributed by atoms with van der Waals surface area (Å²) in [6.45, 7) is 8.14. The van der Waals surface area contributed by atoms with E-state index in [0.717, 1.165) is 17.4 Å². The Balaban J connectivity index is 1.74. The maximum atomic E-state index is 13.7. The molecular formula is C28H36N6O5. The molecule has 1 N–H and O–H groups in total. The molecule has 208 valence electrons. The van der Waals surface area contributed by atoms with Crippen LogP contribution in [0.2, 0.25) is 0 Å². The third-order valence-electron chi connectivity index (χ3n) is 6.47. The summed E-state index contributed by atoms with van der Waals surface area (Å²) in [7, 11) is 1.54. The molecule has 0 saturated carbocycles. The number of amides is 1. The van der Waals surface area contributed by atoms with Crippen molar-refractivity contribution in [2.75, 3.05) is 18.0 Å². The van der Waals surface area contributed by atoms with Gasteiger partial charge < -0.3 is 15.0 Å². The minimum absolute atomic E-state index is 0.180. The molecule has 3 heterocycles. The predicted molar refractivity (Wildman–Crippen MR) is 150 cm³/mol. The van der Waals surface area contributed by atoms with Crippen LogP contribution in [0.15, 0.2) is 46.0 Å². The lowest BCUT2D eigenvalue weighted by atomic mass is 10.1. The molecular weight excluding hydrogens is 500 g/mol. The van der Waals surface area contributed by atoms with Gasteiger partial charge in [0.2, 0.25) is 5.95 Å². The number of hydrogen-bond donors (Lipinski definition) is 1. The number of imidazole rings is 1. The van der Waals surface area contributed by atoms with Crippen molar-refractivity contribution in [3.05, 3.63) is 62.8 Å². The number of allylic oxidation sites excluding steroid dienone is 1. The van der Waals surface area contributed by atoms with Crippen LogP contribution in [0.25, 0.3) is 17.4 Å². The van der Waals surface area contributed by atoms with Crippen molar-refractivity contribution in [2.24, 2.45) is 7.05 Å². The van der Waals surface area contributed by atoms with Gasteiger partial charge in [-0.25, -0.2) is 9.59 Å². The van der Waals surface area contributed by atoms with Crippen molar-refractivity contribution in [3.8, 4) is 0 Å². The smallest absolute Gasteiger partial charge is 0.407 e. The lowest BCUT2D eigenvalue weighted by Crippen LogP contribution is -2.49. The normalized spacial score (nSPS) is 16.1. The molecule has 3 aromatic rings. The summed E-state index contributed by atoms with van der Waals surface area (Å²) in [6.07, 6.45) is 5.46. The van der Waals surface area contributed by atoms with E-state index in [2.05, 4.69) is 5.32 Å². The maximum Gasteiger partial charge on any atom is 0.407 e. The summed E-state index contributed by atoms with van der Waals surface area (Å²) >= 11 is 0. The number of carbonyl (C=O) groups is 2. The summed E-state index contributed by atoms with van der Waals surface area (Å²) in [4.78, 5) is 58.9. The molecule has 1 amide bonds. The molecule has 4 rings (SSSR count). The molecule has 39 heavy (non-hydrogen) atoms. The summed E-state index contributed by atoms with van der Waals surface area (Å²) in [6, 6.07) is 8.39. The largest absolute Gasteiger partial charge is 0.444 e. The van der Waals surface area contributed by atoms with E-state index in [0.29, 0.717) is 31.0 Å². The molecule has 0 spiro atoms. The maximum absolute atomic E-state index is 13.7. The first-order chi connectivity index (χ1) is 18.5. The number of ether oxygens (including phenoxy) is 1. The number of carbonyl (C=O) groups excluding carboxylic acids is 2. The third kappa shape index (κ3) is 6.13. The molecule has 11 nitrogen and oxygen atoms in total. The first-order valence-corrected chi connectivity index (χ1v) is 13.2. The highest BCUT2D eigenvalue weighted by molar-refractivity contribution is 5.96. The van der Waals surface area contributed by atoms with Crippen LogP contribution in [0.4, 0.5) is 10.7 Å². The van der Waals surface area contributed by atoms with Crippen LogP contribution in [-0.2, 0) is 18.3 Å². The Bertz CT molecular complexity index is 1510. The van der Waals surface area contributed by atoms with Crippen LogP contribution >= 0.6 is 0 Å². The van der Waals surface area contributed by atoms with Gasteiger partial charge in [0.15, 0.2) is 16.9 Å². The highest BCUT2D eigenvalue weighted by Crippen LogP contribution is 2.24. The second-order valence-corrected chi connectivity index (χ2v) is 10.7. The first kappa shape index (κ1) is 27.9. The predicted octanol–water partition coefficient (Wildman–Crippen LogP) is 3.15. The lowest BCUT2D eigenvalue weighted by molar-refractivity contribution is 0.0499. The van der Waals surface area contributed by atoms with Crippen LogP contribution in [0, 0.1) is 0 Å². The fourth-order valence-electron chi connectivity index (χ4n) is 4.65. The minimum atomic E-state index is -0.615. The average Bonchev–Trinajstić information content (AvgIpc) is 3.28. The quantitative estimate of drug-likeness (QED) is 0.461. The van der Waals surface area contributed by atoms with Crippen LogP contribution in [-0.4, -0.2) is 55.3 Å². The Kier molecular flexibility index (Phi) is 8.08. The van der Waals surface area contributed by atoms with Gasteiger partial charge in [-0.15, -0.1) is 0 Å². The number of fused-ring (bicyclic) bond motifs is 1. The summed E-state index contributed by atoms with van der Waals surface area (Å²) in [5.41, 5.74) is -0.952. The summed E-state index contributed by atoms with van der Waals surface area (Å²) in [5.74, 6) is 0.154. The monoisotopic (exact) mass is 536 g/mol. The summed E-state index contributed by atoms with van der Waals surface area (Å²) < 4.78 is 9.36. The molecule has 2 aromatic heterocycles. The summed E-state index contributed by atoms with van der Waals surface area (Å²) in [5, 5.41) is 2.93. The zero-order valence-corrected chi connectivity index (χ0v) is 23.1. The Hall–Kier alpha value is -4.15. The van der Waals surface area contributed by atoms with Crippen molar-refractivity contribution in [2.45, 2.75) is 65.1 Å². The molecule has 0 aliphatic carbocycles. The van der Waals surface area contributed by atoms with Crippen molar-refractivity contribution >= 4 is 35.2 Å². The average molecular weight is 537 g/mol. The number of ketones is 1. The number of nitrogens with one attached hydrogen (secondary N) is 1. The Morgan fingerprint density at radius 2 is 1.90 bits per heavy atom. The van der Waals surface area contributed by atoms with Crippen molar-refractivity contribution < 1.29 is 14.3 Å². The van der Waals surface area contributed by atoms with E-state index < -0.39 is 22.9 Å². The van der Waals surface area contributed by atoms with Gasteiger partial charge in [-0.05, 0) is 40.0 Å². The Morgan fingerprint density at radius 3 is 2.56 bits per heavy atom. The molecule has 0 bridgehead atoms. The number of aryl methyl sites for hydroxylation is 1. The second kappa shape index (κ2) is 11.3. The SMILES string of the molecule is CCC=Cn1c(N2CCCC(NC(=O)OC(C)(C)C)C2)nc2c1c(=O)n(CC(=O)c1ccccc1)c(=O)n2C. The highest BCUT2D eigenvalue weighted by atomic mass is 16.6. The fraction of sp³-hybridized carbons (Fsp3) is 0.464. The van der Waals surface area contributed by atoms with Gasteiger partial charge >= 0.3 is 11.8 Å². The Labute approximate surface area is 226 Å². The van der Waals surface area contributed by atoms with Gasteiger partial charge in [0, 0.05) is 37.9 Å². The topological polar surface area (TPSA) is 120 Å². The van der Waals surface area contributed by atoms with Gasteiger partial charge in [0.1, 0.15) is 5.60 Å². The Morgan fingerprint density at radius 1 is 1.18 bits per heavy atom. The van der Waals surface area contributed by atoms with E-state index in [4.69, 9.17) is 9.72 Å². The van der Waals surface area contributed by atoms with E-state index in [-0.39, 0.29) is 29.5 Å². The van der Waals surface area contributed by atoms with Gasteiger partial charge in [0.25, 0.3) is 5.56 Å². The molecule has 1 aromatic carbocycles. The number of anilines is 1. The van der Waals surface area contributed by atoms with E-state index in [1.54, 1.807) is 48.1 Å². The van der Waals surface area contributed by atoms with Crippen LogP contribution < -0.4 is 21.5 Å². The fourth-order valence-corrected chi connectivity index (χ4v) is 4.65. The minimum Gasteiger partial charge on any atom is -0.444 e. The number of alkyl carbamates (subject to hydrolysis) is 1. The van der Waals surface area contributed by atoms with Gasteiger partial charge in [-0.2, -0.15) is 4.98 Å². The number of piperidine rings is 1. The number of benzene rings is 1. The van der Waals surface area contributed by atoms with Crippen molar-refractivity contribution in [3.63, 3.8) is 0 Å². The molecule has 1 aliphatic rings. The van der Waals surface area contributed by atoms with Crippen LogP contribution in [0.1, 0.15) is 57.3 Å². The zero-order chi connectivity index (χ0) is 28.3. The molecule has 11 heteroatoms. The lowest BCUT2D eigenvalue weighted by Gasteiger charge is -2.34. The third-order valence-corrected chi connectivity index (χ3v) is 6.47. The number of hydrogen-bond acceptors (Lipinski definition) is 7. The standard InChI is InChI=1S/C28H36N6O5/c1-6-7-16-33-22-23(30-25(33)32-15-11-14-20(17-32)29-26(37)39-28(2,3)4)31(5)27(38)34(24(22)36)18-21(35)19-12-9-8-10-13-19/h7-10,12-13,16,20H,6,11,14-15,17-18H2,1-5H3,(H,29,37). The number of rotatable bonds is 7. The first-order valence-electron chi connectivity index (χ1n) is 13.2. The van der Waals surface area contributed by atoms with Crippen LogP contribution in [0.5, 0.6) is 0 Å². The molecule has 1 unspecified atom stereocenters. The van der Waals surface area contributed by atoms with Crippen molar-refractivity contribution in [1.29, 1.82) is 0 Å². The molecule has 1 aliphatic heterocycles. The van der Waals surface area contributed by atoms with Crippen molar-refractivity contribution in [1.82, 2.24) is 24.0 Å². The van der Waals surface area contributed by atoms with Crippen LogP contribution in [0.3, 0.4) is 0 Å². The number of aromatic nitrogens is 4. The number of Topliss-reactive ketones (excluding diaryl/α,β-unsaturated/α-hetero) is 1. The highest BCUT2D eigenvalue weighted by Gasteiger charge is 2.29. The van der Waals surface area contributed by atoms with Gasteiger partial charge in [-0.3, -0.25) is 23.3 Å². The van der Waals surface area contributed by atoms with Gasteiger partial charge in [0.05, 0.1) is 6.54 Å². The number of nitrogens with zero attached hydrogens (tertiary/aromatic N) is 5. The van der Waals surface area contributed by atoms with E-state index in [9.17, 15) is 19.2 Å². The van der Waals surface area contributed by atoms with Gasteiger partial charge in [-0.1, -0.05) is 43.3 Å². The second-order valence-electron chi connectivity index (χ2n) is 10.7. The molecule has 1 atom stereocenters. The zero-order valence-electron chi connectivity index (χ0n) is 23.1. The van der Waals surface area contributed by atoms with E-state index in [1.807, 2.05) is 38.7 Å². The molecule has 0 radical (unpaired) electrons. The molecule has 1 fully saturated rings.